The number of halogens is 1. The summed E-state index contributed by atoms with van der Waals surface area (Å²) in [7, 11) is -2.13. The number of ketones is 1. The topological polar surface area (TPSA) is 111 Å². The highest BCUT2D eigenvalue weighted by Crippen LogP contribution is 2.39. The summed E-state index contributed by atoms with van der Waals surface area (Å²) in [5, 5.41) is 17.6. The van der Waals surface area contributed by atoms with Crippen LogP contribution in [0.2, 0.25) is 5.02 Å². The van der Waals surface area contributed by atoms with Crippen molar-refractivity contribution in [3.05, 3.63) is 40.0 Å². The summed E-state index contributed by atoms with van der Waals surface area (Å²) >= 11 is 6.43. The van der Waals surface area contributed by atoms with Crippen molar-refractivity contribution in [2.45, 2.75) is 24.3 Å². The van der Waals surface area contributed by atoms with E-state index in [0.717, 1.165) is 10.9 Å². The minimum Gasteiger partial charge on any atom is -0.493 e. The summed E-state index contributed by atoms with van der Waals surface area (Å²) in [6.45, 7) is 1.75. The minimum absolute atomic E-state index is 0.0237. The molecule has 0 saturated heterocycles. The molecule has 1 N–H and O–H groups in total. The first-order valence-corrected chi connectivity index (χ1v) is 9.85. The maximum absolute atomic E-state index is 12.8. The molecular weight excluding hydrogens is 382 g/mol. The molecule has 0 amide bonds. The van der Waals surface area contributed by atoms with Gasteiger partial charge in [-0.25, -0.2) is 13.1 Å². The van der Waals surface area contributed by atoms with Gasteiger partial charge in [0.15, 0.2) is 15.9 Å². The number of nitrogens with zero attached hydrogens (tertiary/aromatic N) is 3. The molecule has 3 rings (SSSR count). The number of aromatic hydroxyl groups is 1. The highest BCUT2D eigenvalue weighted by Gasteiger charge is 2.32. The molecule has 2 aromatic rings. The fraction of sp³-hybridized carbons (Fsp3) is 0.312. The van der Waals surface area contributed by atoms with Crippen LogP contribution in [0.1, 0.15) is 40.9 Å². The Bertz CT molecular complexity index is 1040. The summed E-state index contributed by atoms with van der Waals surface area (Å²) in [5.74, 6) is -0.881. The van der Waals surface area contributed by atoms with E-state index < -0.39 is 21.7 Å². The Labute approximate surface area is 154 Å². The SMILES string of the molecule is CC1=NOC(c2c(S(C)(=O)=O)ccc(C(=O)c3cnn(C)c3O)c2Cl)C1. The minimum atomic E-state index is -3.61. The Morgan fingerprint density at radius 3 is 2.58 bits per heavy atom. The van der Waals surface area contributed by atoms with Crippen LogP contribution in [0.15, 0.2) is 28.4 Å². The molecule has 2 heterocycles. The zero-order chi connectivity index (χ0) is 19.2. The lowest BCUT2D eigenvalue weighted by Gasteiger charge is -2.17. The number of hydrogen-bond donors (Lipinski definition) is 1. The van der Waals surface area contributed by atoms with Crippen LogP contribution in [0.3, 0.4) is 0 Å². The smallest absolute Gasteiger partial charge is 0.220 e. The lowest BCUT2D eigenvalue weighted by atomic mass is 9.98. The zero-order valence-electron chi connectivity index (χ0n) is 14.2. The van der Waals surface area contributed by atoms with Gasteiger partial charge in [-0.15, -0.1) is 0 Å². The Balaban J connectivity index is 2.17. The second-order valence-corrected chi connectivity index (χ2v) is 8.43. The largest absolute Gasteiger partial charge is 0.493 e. The zero-order valence-corrected chi connectivity index (χ0v) is 15.8. The summed E-state index contributed by atoms with van der Waals surface area (Å²) in [6.07, 6.45) is 1.93. The standard InChI is InChI=1S/C16H16ClN3O5S/c1-8-6-11(25-19-8)13-12(26(3,23)24)5-4-9(14(13)17)15(21)10-7-18-20(2)16(10)22/h4-5,7,11,22H,6H2,1-3H3. The maximum atomic E-state index is 12.8. The molecule has 1 aromatic heterocycles. The average molecular weight is 398 g/mol. The number of sulfone groups is 1. The van der Waals surface area contributed by atoms with Gasteiger partial charge in [0.2, 0.25) is 11.7 Å². The van der Waals surface area contributed by atoms with E-state index in [-0.39, 0.29) is 32.5 Å². The van der Waals surface area contributed by atoms with Crippen molar-refractivity contribution in [1.29, 1.82) is 0 Å². The molecule has 1 atom stereocenters. The molecule has 1 aliphatic rings. The van der Waals surface area contributed by atoms with Gasteiger partial charge < -0.3 is 9.94 Å². The van der Waals surface area contributed by atoms with Crippen LogP contribution in [0, 0.1) is 0 Å². The summed E-state index contributed by atoms with van der Waals surface area (Å²) in [4.78, 5) is 18.1. The maximum Gasteiger partial charge on any atom is 0.220 e. The van der Waals surface area contributed by atoms with Crippen molar-refractivity contribution in [1.82, 2.24) is 9.78 Å². The van der Waals surface area contributed by atoms with Crippen molar-refractivity contribution in [3.8, 4) is 5.88 Å². The molecule has 0 aliphatic carbocycles. The van der Waals surface area contributed by atoms with Crippen molar-refractivity contribution in [3.63, 3.8) is 0 Å². The molecule has 0 radical (unpaired) electrons. The van der Waals surface area contributed by atoms with Gasteiger partial charge in [-0.1, -0.05) is 16.8 Å². The van der Waals surface area contributed by atoms with E-state index in [1.54, 1.807) is 6.92 Å². The predicted octanol–water partition coefficient (Wildman–Crippen LogP) is 2.25. The third kappa shape index (κ3) is 3.08. The summed E-state index contributed by atoms with van der Waals surface area (Å²) < 4.78 is 25.5. The third-order valence-corrected chi connectivity index (χ3v) is 5.64. The molecule has 0 bridgehead atoms. The number of benzene rings is 1. The number of aromatic nitrogens is 2. The number of oxime groups is 1. The lowest BCUT2D eigenvalue weighted by Crippen LogP contribution is -2.12. The van der Waals surface area contributed by atoms with Gasteiger partial charge in [0.25, 0.3) is 0 Å². The molecule has 26 heavy (non-hydrogen) atoms. The predicted molar refractivity (Wildman–Crippen MR) is 94.4 cm³/mol. The Kier molecular flexibility index (Phi) is 4.53. The molecular formula is C16H16ClN3O5S. The van der Waals surface area contributed by atoms with Crippen molar-refractivity contribution >= 4 is 32.9 Å². The van der Waals surface area contributed by atoms with Gasteiger partial charge in [0.05, 0.1) is 21.8 Å². The molecule has 8 nitrogen and oxygen atoms in total. The van der Waals surface area contributed by atoms with Gasteiger partial charge in [-0.3, -0.25) is 4.79 Å². The van der Waals surface area contributed by atoms with E-state index in [9.17, 15) is 18.3 Å². The number of rotatable bonds is 4. The fourth-order valence-corrected chi connectivity index (χ4v) is 4.14. The van der Waals surface area contributed by atoms with E-state index in [1.165, 1.54) is 25.4 Å². The van der Waals surface area contributed by atoms with Gasteiger partial charge >= 0.3 is 0 Å². The van der Waals surface area contributed by atoms with E-state index in [1.807, 2.05) is 0 Å². The number of aryl methyl sites for hydroxylation is 1. The molecule has 1 aromatic carbocycles. The van der Waals surface area contributed by atoms with Gasteiger partial charge in [-0.2, -0.15) is 5.10 Å². The molecule has 1 unspecified atom stereocenters. The van der Waals surface area contributed by atoms with Gasteiger partial charge in [0, 0.05) is 30.9 Å². The normalized spacial score (nSPS) is 17.1. The van der Waals surface area contributed by atoms with Crippen LogP contribution in [0.5, 0.6) is 5.88 Å². The van der Waals surface area contributed by atoms with Crippen LogP contribution >= 0.6 is 11.6 Å². The number of carbonyl (C=O) groups excluding carboxylic acids is 1. The molecule has 10 heteroatoms. The van der Waals surface area contributed by atoms with Crippen LogP contribution in [0.4, 0.5) is 0 Å². The highest BCUT2D eigenvalue weighted by molar-refractivity contribution is 7.90. The van der Waals surface area contributed by atoms with Crippen LogP contribution in [0.25, 0.3) is 0 Å². The van der Waals surface area contributed by atoms with Crippen LogP contribution in [-0.2, 0) is 21.7 Å². The second kappa shape index (κ2) is 6.40. The van der Waals surface area contributed by atoms with Crippen molar-refractivity contribution < 1.29 is 23.2 Å². The number of carbonyl (C=O) groups is 1. The second-order valence-electron chi connectivity index (χ2n) is 6.07. The Morgan fingerprint density at radius 2 is 2.08 bits per heavy atom. The first-order valence-electron chi connectivity index (χ1n) is 7.58. The first-order chi connectivity index (χ1) is 12.1. The molecule has 138 valence electrons. The van der Waals surface area contributed by atoms with Crippen LogP contribution in [-0.4, -0.2) is 41.1 Å². The molecule has 1 aliphatic heterocycles. The van der Waals surface area contributed by atoms with E-state index >= 15 is 0 Å². The van der Waals surface area contributed by atoms with E-state index in [2.05, 4.69) is 10.3 Å². The first kappa shape index (κ1) is 18.4. The van der Waals surface area contributed by atoms with Crippen molar-refractivity contribution in [2.24, 2.45) is 12.2 Å². The summed E-state index contributed by atoms with van der Waals surface area (Å²) in [6, 6.07) is 2.63. The Hall–Kier alpha value is -2.39. The average Bonchev–Trinajstić information content (AvgIpc) is 3.12. The lowest BCUT2D eigenvalue weighted by molar-refractivity contribution is 0.0836. The van der Waals surface area contributed by atoms with Gasteiger partial charge in [0.1, 0.15) is 5.56 Å². The van der Waals surface area contributed by atoms with Crippen molar-refractivity contribution in [2.75, 3.05) is 6.26 Å². The number of hydrogen-bond acceptors (Lipinski definition) is 7. The third-order valence-electron chi connectivity index (χ3n) is 4.07. The van der Waals surface area contributed by atoms with E-state index in [0.29, 0.717) is 12.1 Å². The van der Waals surface area contributed by atoms with Crippen LogP contribution < -0.4 is 0 Å². The molecule has 0 fully saturated rings. The fourth-order valence-electron chi connectivity index (χ4n) is 2.76. The highest BCUT2D eigenvalue weighted by atomic mass is 35.5. The molecule has 0 saturated carbocycles. The monoisotopic (exact) mass is 397 g/mol. The summed E-state index contributed by atoms with van der Waals surface area (Å²) in [5.41, 5.74) is 0.883. The van der Waals surface area contributed by atoms with E-state index in [4.69, 9.17) is 16.4 Å². The quantitative estimate of drug-likeness (QED) is 0.792. The Morgan fingerprint density at radius 1 is 1.38 bits per heavy atom. The molecule has 0 spiro atoms. The van der Waals surface area contributed by atoms with Gasteiger partial charge in [-0.05, 0) is 19.1 Å².